The molecule has 0 bridgehead atoms. The van der Waals surface area contributed by atoms with E-state index in [4.69, 9.17) is 11.1 Å². The van der Waals surface area contributed by atoms with Crippen LogP contribution in [0.1, 0.15) is 32.1 Å². The Hall–Kier alpha value is -0.220. The molecule has 86 valence electrons. The zero-order chi connectivity index (χ0) is 10.7. The maximum atomic E-state index is 7.27. The second-order valence-electron chi connectivity index (χ2n) is 4.68. The lowest BCUT2D eigenvalue weighted by molar-refractivity contribution is 0.0694. The third-order valence-corrected chi connectivity index (χ3v) is 4.59. The number of amidine groups is 1. The number of nitrogens with one attached hydrogen (secondary N) is 1. The number of piperidine rings is 2. The van der Waals surface area contributed by atoms with E-state index in [1.54, 1.807) is 0 Å². The van der Waals surface area contributed by atoms with Gasteiger partial charge in [-0.25, -0.2) is 0 Å². The predicted molar refractivity (Wildman–Crippen MR) is 66.3 cm³/mol. The third kappa shape index (κ3) is 2.88. The van der Waals surface area contributed by atoms with E-state index in [9.17, 15) is 0 Å². The molecule has 0 aromatic carbocycles. The van der Waals surface area contributed by atoms with E-state index in [0.717, 1.165) is 17.7 Å². The highest BCUT2D eigenvalue weighted by atomic mass is 32.2. The predicted octanol–water partition coefficient (Wildman–Crippen LogP) is 1.88. The first-order valence-corrected chi connectivity index (χ1v) is 6.97. The molecule has 0 radical (unpaired) electrons. The molecule has 0 aliphatic carbocycles. The van der Waals surface area contributed by atoms with Crippen molar-refractivity contribution in [1.82, 2.24) is 4.90 Å². The van der Waals surface area contributed by atoms with Crippen LogP contribution in [0.4, 0.5) is 0 Å². The molecule has 0 aromatic heterocycles. The van der Waals surface area contributed by atoms with E-state index in [2.05, 4.69) is 4.90 Å². The minimum atomic E-state index is 0.280. The minimum absolute atomic E-state index is 0.280. The maximum absolute atomic E-state index is 7.27. The van der Waals surface area contributed by atoms with E-state index in [1.807, 2.05) is 0 Å². The number of hydrogen-bond acceptors (Lipinski definition) is 3. The van der Waals surface area contributed by atoms with Gasteiger partial charge in [-0.15, -0.1) is 0 Å². The Labute approximate surface area is 96.3 Å². The topological polar surface area (TPSA) is 53.1 Å². The van der Waals surface area contributed by atoms with Crippen LogP contribution in [-0.4, -0.2) is 35.0 Å². The first-order valence-electron chi connectivity index (χ1n) is 5.98. The van der Waals surface area contributed by atoms with Gasteiger partial charge in [0.2, 0.25) is 0 Å². The van der Waals surface area contributed by atoms with Crippen molar-refractivity contribution in [2.75, 3.05) is 18.8 Å². The van der Waals surface area contributed by atoms with Crippen LogP contribution < -0.4 is 5.73 Å². The Bertz CT molecular complexity index is 230. The lowest BCUT2D eigenvalue weighted by atomic mass is 9.85. The number of thioether (sulfide) groups is 1. The first-order chi connectivity index (χ1) is 7.27. The fraction of sp³-hybridized carbons (Fsp3) is 0.909. The van der Waals surface area contributed by atoms with E-state index in [-0.39, 0.29) is 5.17 Å². The molecular weight excluding hydrogens is 206 g/mol. The normalized spacial score (nSPS) is 32.3. The number of nitrogens with zero attached hydrogens (tertiary/aromatic N) is 1. The number of rotatable bonds is 2. The second-order valence-corrected chi connectivity index (χ2v) is 5.74. The van der Waals surface area contributed by atoms with E-state index in [0.29, 0.717) is 0 Å². The molecule has 2 atom stereocenters. The largest absolute Gasteiger partial charge is 0.379 e. The molecule has 2 saturated heterocycles. The monoisotopic (exact) mass is 227 g/mol. The summed E-state index contributed by atoms with van der Waals surface area (Å²) in [7, 11) is 0. The van der Waals surface area contributed by atoms with Gasteiger partial charge in [0.25, 0.3) is 0 Å². The molecule has 4 heteroatoms. The summed E-state index contributed by atoms with van der Waals surface area (Å²) in [6, 6.07) is 0.791. The average Bonchev–Trinajstić information content (AvgIpc) is 2.26. The molecule has 0 saturated carbocycles. The zero-order valence-electron chi connectivity index (χ0n) is 9.24. The highest BCUT2D eigenvalue weighted by Gasteiger charge is 2.32. The fourth-order valence-corrected chi connectivity index (χ4v) is 3.75. The van der Waals surface area contributed by atoms with Crippen molar-refractivity contribution >= 4 is 16.9 Å². The Morgan fingerprint density at radius 3 is 2.87 bits per heavy atom. The van der Waals surface area contributed by atoms with Crippen molar-refractivity contribution < 1.29 is 0 Å². The van der Waals surface area contributed by atoms with Crippen molar-refractivity contribution in [3.05, 3.63) is 0 Å². The van der Waals surface area contributed by atoms with Crippen LogP contribution in [-0.2, 0) is 0 Å². The molecule has 0 unspecified atom stereocenters. The van der Waals surface area contributed by atoms with Gasteiger partial charge in [0.1, 0.15) is 0 Å². The van der Waals surface area contributed by atoms with E-state index in [1.165, 1.54) is 57.0 Å². The molecule has 2 fully saturated rings. The van der Waals surface area contributed by atoms with Gasteiger partial charge in [-0.3, -0.25) is 5.41 Å². The van der Waals surface area contributed by atoms with Gasteiger partial charge in [0.05, 0.1) is 0 Å². The van der Waals surface area contributed by atoms with Gasteiger partial charge in [0.15, 0.2) is 5.17 Å². The van der Waals surface area contributed by atoms with Gasteiger partial charge >= 0.3 is 0 Å². The van der Waals surface area contributed by atoms with Gasteiger partial charge in [0, 0.05) is 11.8 Å². The Kier molecular flexibility index (Phi) is 3.92. The highest BCUT2D eigenvalue weighted by Crippen LogP contribution is 2.32. The van der Waals surface area contributed by atoms with Crippen LogP contribution in [0.25, 0.3) is 0 Å². The van der Waals surface area contributed by atoms with Gasteiger partial charge in [-0.1, -0.05) is 18.2 Å². The molecule has 0 aromatic rings. The molecule has 15 heavy (non-hydrogen) atoms. The smallest absolute Gasteiger partial charge is 0.151 e. The summed E-state index contributed by atoms with van der Waals surface area (Å²) in [6.07, 6.45) is 6.80. The summed E-state index contributed by atoms with van der Waals surface area (Å²) in [4.78, 5) is 2.67. The second kappa shape index (κ2) is 5.21. The van der Waals surface area contributed by atoms with Crippen molar-refractivity contribution in [3.63, 3.8) is 0 Å². The molecule has 0 amide bonds. The lowest BCUT2D eigenvalue weighted by Gasteiger charge is -2.44. The van der Waals surface area contributed by atoms with Crippen molar-refractivity contribution in [2.24, 2.45) is 11.7 Å². The zero-order valence-corrected chi connectivity index (χ0v) is 10.1. The van der Waals surface area contributed by atoms with Crippen molar-refractivity contribution in [3.8, 4) is 0 Å². The van der Waals surface area contributed by atoms with Crippen LogP contribution in [0.3, 0.4) is 0 Å². The Balaban J connectivity index is 1.88. The number of hydrogen-bond donors (Lipinski definition) is 2. The van der Waals surface area contributed by atoms with Crippen LogP contribution >= 0.6 is 11.8 Å². The Morgan fingerprint density at radius 1 is 1.27 bits per heavy atom. The fourth-order valence-electron chi connectivity index (χ4n) is 2.97. The molecular formula is C11H21N3S. The molecule has 2 rings (SSSR count). The van der Waals surface area contributed by atoms with Crippen LogP contribution in [0.2, 0.25) is 0 Å². The summed E-state index contributed by atoms with van der Waals surface area (Å²) >= 11 is 1.53. The third-order valence-electron chi connectivity index (χ3n) is 3.68. The summed E-state index contributed by atoms with van der Waals surface area (Å²) in [5.74, 6) is 1.82. The summed E-state index contributed by atoms with van der Waals surface area (Å²) in [6.45, 7) is 2.60. The van der Waals surface area contributed by atoms with Gasteiger partial charge in [-0.2, -0.15) is 0 Å². The van der Waals surface area contributed by atoms with Crippen LogP contribution in [0, 0.1) is 11.3 Å². The standard InChI is InChI=1S/C11H21N3S/c12-11(13)15-8-9-4-3-7-14-6-2-1-5-10(9)14/h9-10H,1-8H2,(H3,12,13)/t9-,10-/m1/s1. The molecule has 3 nitrogen and oxygen atoms in total. The molecule has 0 spiro atoms. The molecule has 3 N–H and O–H groups in total. The highest BCUT2D eigenvalue weighted by molar-refractivity contribution is 8.13. The minimum Gasteiger partial charge on any atom is -0.379 e. The van der Waals surface area contributed by atoms with E-state index >= 15 is 0 Å². The van der Waals surface area contributed by atoms with Gasteiger partial charge < -0.3 is 10.6 Å². The summed E-state index contributed by atoms with van der Waals surface area (Å²) in [5.41, 5.74) is 5.41. The van der Waals surface area contributed by atoms with Crippen molar-refractivity contribution in [2.45, 2.75) is 38.1 Å². The van der Waals surface area contributed by atoms with Crippen molar-refractivity contribution in [1.29, 1.82) is 5.41 Å². The quantitative estimate of drug-likeness (QED) is 0.559. The maximum Gasteiger partial charge on any atom is 0.151 e. The summed E-state index contributed by atoms with van der Waals surface area (Å²) in [5, 5.41) is 7.55. The SMILES string of the molecule is N=C(N)SC[C@H]1CCCN2CCCC[C@H]12. The molecule has 2 heterocycles. The van der Waals surface area contributed by atoms with Gasteiger partial charge in [-0.05, 0) is 44.7 Å². The van der Waals surface area contributed by atoms with Crippen LogP contribution in [0.15, 0.2) is 0 Å². The Morgan fingerprint density at radius 2 is 2.07 bits per heavy atom. The molecule has 2 aliphatic rings. The molecule has 2 aliphatic heterocycles. The average molecular weight is 227 g/mol. The number of fused-ring (bicyclic) bond motifs is 1. The van der Waals surface area contributed by atoms with Crippen LogP contribution in [0.5, 0.6) is 0 Å². The number of nitrogens with two attached hydrogens (primary N) is 1. The first kappa shape index (κ1) is 11.3. The van der Waals surface area contributed by atoms with E-state index < -0.39 is 0 Å². The lowest BCUT2D eigenvalue weighted by Crippen LogP contribution is -2.48. The summed E-state index contributed by atoms with van der Waals surface area (Å²) < 4.78 is 0.